The second-order valence-electron chi connectivity index (χ2n) is 7.15. The van der Waals surface area contributed by atoms with Crippen LogP contribution in [0.1, 0.15) is 28.5 Å². The van der Waals surface area contributed by atoms with Gasteiger partial charge in [0.25, 0.3) is 5.91 Å². The summed E-state index contributed by atoms with van der Waals surface area (Å²) in [6, 6.07) is 11.8. The molecule has 3 aromatic rings. The molecule has 2 aromatic heterocycles. The van der Waals surface area contributed by atoms with Crippen molar-refractivity contribution in [3.8, 4) is 11.3 Å². The van der Waals surface area contributed by atoms with Gasteiger partial charge < -0.3 is 9.80 Å². The molecular weight excluding hydrogens is 364 g/mol. The third kappa shape index (κ3) is 4.08. The Morgan fingerprint density at radius 1 is 1.00 bits per heavy atom. The third-order valence-electron chi connectivity index (χ3n) is 5.21. The highest BCUT2D eigenvalue weighted by Gasteiger charge is 2.25. The number of benzene rings is 1. The van der Waals surface area contributed by atoms with Gasteiger partial charge in [-0.05, 0) is 30.5 Å². The van der Waals surface area contributed by atoms with E-state index >= 15 is 0 Å². The summed E-state index contributed by atoms with van der Waals surface area (Å²) in [6.07, 6.45) is 4.66. The molecule has 0 unspecified atom stereocenters. The summed E-state index contributed by atoms with van der Waals surface area (Å²) in [7, 11) is 0. The fourth-order valence-corrected chi connectivity index (χ4v) is 3.40. The number of carbonyl (C=O) groups is 1. The van der Waals surface area contributed by atoms with Crippen LogP contribution in [-0.4, -0.2) is 57.2 Å². The molecule has 0 bridgehead atoms. The van der Waals surface area contributed by atoms with Gasteiger partial charge in [-0.3, -0.25) is 4.79 Å². The van der Waals surface area contributed by atoms with Crippen molar-refractivity contribution in [2.24, 2.45) is 0 Å². The molecule has 1 fully saturated rings. The fraction of sp³-hybridized carbons (Fsp3) is 0.318. The fourth-order valence-electron chi connectivity index (χ4n) is 3.40. The van der Waals surface area contributed by atoms with Gasteiger partial charge in [0.2, 0.25) is 5.95 Å². The molecule has 3 heterocycles. The molecule has 1 amide bonds. The summed E-state index contributed by atoms with van der Waals surface area (Å²) in [6.45, 7) is 6.61. The monoisotopic (exact) mass is 388 g/mol. The minimum Gasteiger partial charge on any atom is -0.337 e. The highest BCUT2D eigenvalue weighted by Crippen LogP contribution is 2.19. The normalized spacial score (nSPS) is 14.1. The summed E-state index contributed by atoms with van der Waals surface area (Å²) in [5, 5.41) is 8.52. The molecule has 0 saturated carbocycles. The van der Waals surface area contributed by atoms with Gasteiger partial charge in [-0.1, -0.05) is 37.3 Å². The predicted octanol–water partition coefficient (Wildman–Crippen LogP) is 2.77. The quantitative estimate of drug-likeness (QED) is 0.684. The lowest BCUT2D eigenvalue weighted by Gasteiger charge is -2.34. The van der Waals surface area contributed by atoms with Gasteiger partial charge in [-0.15, -0.1) is 10.2 Å². The van der Waals surface area contributed by atoms with E-state index in [0.717, 1.165) is 34.8 Å². The van der Waals surface area contributed by atoms with E-state index in [9.17, 15) is 4.79 Å². The second-order valence-corrected chi connectivity index (χ2v) is 7.15. The number of amides is 1. The number of anilines is 1. The molecule has 29 heavy (non-hydrogen) atoms. The van der Waals surface area contributed by atoms with E-state index in [1.165, 1.54) is 0 Å². The van der Waals surface area contributed by atoms with Gasteiger partial charge in [0.15, 0.2) is 5.69 Å². The van der Waals surface area contributed by atoms with E-state index in [1.807, 2.05) is 60.6 Å². The van der Waals surface area contributed by atoms with Crippen LogP contribution < -0.4 is 4.90 Å². The van der Waals surface area contributed by atoms with Gasteiger partial charge in [-0.25, -0.2) is 9.97 Å². The smallest absolute Gasteiger partial charge is 0.274 e. The first kappa shape index (κ1) is 19.0. The Morgan fingerprint density at radius 2 is 1.69 bits per heavy atom. The zero-order valence-corrected chi connectivity index (χ0v) is 16.7. The molecule has 7 heteroatoms. The van der Waals surface area contributed by atoms with Gasteiger partial charge in [-0.2, -0.15) is 0 Å². The van der Waals surface area contributed by atoms with E-state index < -0.39 is 0 Å². The molecule has 0 N–H and O–H groups in total. The van der Waals surface area contributed by atoms with E-state index in [1.54, 1.807) is 0 Å². The zero-order chi connectivity index (χ0) is 20.2. The Morgan fingerprint density at radius 3 is 2.31 bits per heavy atom. The first-order valence-electron chi connectivity index (χ1n) is 9.90. The van der Waals surface area contributed by atoms with Gasteiger partial charge >= 0.3 is 0 Å². The standard InChI is InChI=1S/C22H24N6O/c1-3-17-14-23-22(24-15-17)28-11-9-27(10-12-28)21(29)20-16(2)13-19(25-26-20)18-7-5-4-6-8-18/h4-8,13-15H,3,9-12H2,1-2H3. The minimum atomic E-state index is -0.0727. The van der Waals surface area contributed by atoms with Crippen LogP contribution in [0.25, 0.3) is 11.3 Å². The summed E-state index contributed by atoms with van der Waals surface area (Å²) in [5.41, 5.74) is 4.14. The maximum absolute atomic E-state index is 13.0. The van der Waals surface area contributed by atoms with Crippen LogP contribution >= 0.6 is 0 Å². The lowest BCUT2D eigenvalue weighted by atomic mass is 10.1. The lowest BCUT2D eigenvalue weighted by molar-refractivity contribution is 0.0738. The van der Waals surface area contributed by atoms with Crippen molar-refractivity contribution in [3.63, 3.8) is 0 Å². The van der Waals surface area contributed by atoms with E-state index in [4.69, 9.17) is 0 Å². The summed E-state index contributed by atoms with van der Waals surface area (Å²) in [5.74, 6) is 0.647. The van der Waals surface area contributed by atoms with Crippen LogP contribution in [0.2, 0.25) is 0 Å². The van der Waals surface area contributed by atoms with Crippen LogP contribution in [-0.2, 0) is 6.42 Å². The van der Waals surface area contributed by atoms with Crippen LogP contribution in [0.5, 0.6) is 0 Å². The second kappa shape index (κ2) is 8.34. The van der Waals surface area contributed by atoms with Crippen molar-refractivity contribution < 1.29 is 4.79 Å². The Balaban J connectivity index is 1.43. The first-order chi connectivity index (χ1) is 14.2. The molecule has 1 aliphatic heterocycles. The molecule has 1 aliphatic rings. The Hall–Kier alpha value is -3.35. The van der Waals surface area contributed by atoms with Crippen LogP contribution in [0.15, 0.2) is 48.8 Å². The molecule has 1 aromatic carbocycles. The Kier molecular flexibility index (Phi) is 5.46. The number of nitrogens with zero attached hydrogens (tertiary/aromatic N) is 6. The molecule has 1 saturated heterocycles. The molecule has 4 rings (SSSR count). The largest absolute Gasteiger partial charge is 0.337 e. The van der Waals surface area contributed by atoms with E-state index in [0.29, 0.717) is 31.9 Å². The van der Waals surface area contributed by atoms with Crippen LogP contribution in [0.4, 0.5) is 5.95 Å². The third-order valence-corrected chi connectivity index (χ3v) is 5.21. The number of hydrogen-bond donors (Lipinski definition) is 0. The summed E-state index contributed by atoms with van der Waals surface area (Å²) < 4.78 is 0. The molecule has 7 nitrogen and oxygen atoms in total. The van der Waals surface area contributed by atoms with Crippen molar-refractivity contribution >= 4 is 11.9 Å². The molecule has 0 atom stereocenters. The molecule has 0 aliphatic carbocycles. The number of rotatable bonds is 4. The Bertz CT molecular complexity index is 982. The number of carbonyl (C=O) groups excluding carboxylic acids is 1. The maximum atomic E-state index is 13.0. The molecule has 0 radical (unpaired) electrons. The number of aromatic nitrogens is 4. The average molecular weight is 388 g/mol. The van der Waals surface area contributed by atoms with Gasteiger partial charge in [0.05, 0.1) is 5.69 Å². The van der Waals surface area contributed by atoms with Crippen LogP contribution in [0, 0.1) is 6.92 Å². The number of hydrogen-bond acceptors (Lipinski definition) is 6. The van der Waals surface area contributed by atoms with Crippen molar-refractivity contribution in [1.29, 1.82) is 0 Å². The molecular formula is C22H24N6O. The van der Waals surface area contributed by atoms with Gasteiger partial charge in [0.1, 0.15) is 0 Å². The molecule has 0 spiro atoms. The summed E-state index contributed by atoms with van der Waals surface area (Å²) in [4.78, 5) is 25.8. The maximum Gasteiger partial charge on any atom is 0.274 e. The van der Waals surface area contributed by atoms with Gasteiger partial charge in [0, 0.05) is 44.1 Å². The molecule has 148 valence electrons. The lowest BCUT2D eigenvalue weighted by Crippen LogP contribution is -2.49. The van der Waals surface area contributed by atoms with Crippen molar-refractivity contribution in [1.82, 2.24) is 25.1 Å². The summed E-state index contributed by atoms with van der Waals surface area (Å²) >= 11 is 0. The van der Waals surface area contributed by atoms with Crippen molar-refractivity contribution in [3.05, 3.63) is 65.6 Å². The van der Waals surface area contributed by atoms with E-state index in [-0.39, 0.29) is 5.91 Å². The first-order valence-corrected chi connectivity index (χ1v) is 9.90. The zero-order valence-electron chi connectivity index (χ0n) is 16.7. The highest BCUT2D eigenvalue weighted by molar-refractivity contribution is 5.94. The SMILES string of the molecule is CCc1cnc(N2CCN(C(=O)c3nnc(-c4ccccc4)cc3C)CC2)nc1. The van der Waals surface area contributed by atoms with E-state index in [2.05, 4.69) is 32.0 Å². The average Bonchev–Trinajstić information content (AvgIpc) is 2.79. The Labute approximate surface area is 170 Å². The van der Waals surface area contributed by atoms with Crippen molar-refractivity contribution in [2.75, 3.05) is 31.1 Å². The predicted molar refractivity (Wildman–Crippen MR) is 112 cm³/mol. The van der Waals surface area contributed by atoms with Crippen LogP contribution in [0.3, 0.4) is 0 Å². The number of aryl methyl sites for hydroxylation is 2. The topological polar surface area (TPSA) is 75.1 Å². The number of piperazine rings is 1. The van der Waals surface area contributed by atoms with Crippen molar-refractivity contribution in [2.45, 2.75) is 20.3 Å². The minimum absolute atomic E-state index is 0.0727. The highest BCUT2D eigenvalue weighted by atomic mass is 16.2.